The highest BCUT2D eigenvalue weighted by Gasteiger charge is 2.49. The van der Waals surface area contributed by atoms with E-state index in [1.807, 2.05) is 0 Å². The highest BCUT2D eigenvalue weighted by Crippen LogP contribution is 2.34. The number of pyridine rings is 1. The summed E-state index contributed by atoms with van der Waals surface area (Å²) in [4.78, 5) is 52.1. The first-order chi connectivity index (χ1) is 20.4. The number of hydrogen-bond donors (Lipinski definition) is 3. The zero-order valence-corrected chi connectivity index (χ0v) is 25.2. The van der Waals surface area contributed by atoms with Crippen LogP contribution in [0.3, 0.4) is 0 Å². The van der Waals surface area contributed by atoms with Gasteiger partial charge in [-0.3, -0.25) is 19.8 Å². The van der Waals surface area contributed by atoms with Crippen LogP contribution in [0.5, 0.6) is 0 Å². The lowest BCUT2D eigenvalue weighted by atomic mass is 9.95. The number of hydrogen-bond acceptors (Lipinski definition) is 8. The Morgan fingerprint density at radius 1 is 1.14 bits per heavy atom. The number of anilines is 2. The standard InChI is InChI=1S/C29H29BrF3N7O3/c1-15-4-5-23(30)38-27(15)39-28(43)22-8-29(33,13-32)14-40(22)24(42)12-37-26-19(9-31)6-18(7-21(26)25(34)16(2)41)20-10-35-17(3)36-11-20/h4-7,10-11,22,34,37H,8-9,12-14H2,1-3H3,(H,38,39,43)/t22-,29-/m0/s1. The van der Waals surface area contributed by atoms with Gasteiger partial charge in [-0.15, -0.1) is 0 Å². The average molecular weight is 660 g/mol. The van der Waals surface area contributed by atoms with Crippen LogP contribution in [-0.4, -0.2) is 74.6 Å². The third kappa shape index (κ3) is 7.07. The Morgan fingerprint density at radius 3 is 2.47 bits per heavy atom. The molecular weight excluding hydrogens is 631 g/mol. The molecule has 0 unspecified atom stereocenters. The maximum absolute atomic E-state index is 15.2. The fraction of sp³-hybridized carbons (Fsp3) is 0.345. The van der Waals surface area contributed by atoms with Gasteiger partial charge in [0.05, 0.1) is 18.8 Å². The summed E-state index contributed by atoms with van der Waals surface area (Å²) < 4.78 is 43.6. The fourth-order valence-corrected chi connectivity index (χ4v) is 5.05. The molecule has 43 heavy (non-hydrogen) atoms. The first-order valence-corrected chi connectivity index (χ1v) is 14.0. The third-order valence-electron chi connectivity index (χ3n) is 7.07. The normalized spacial score (nSPS) is 17.9. The lowest BCUT2D eigenvalue weighted by Gasteiger charge is -2.25. The number of benzene rings is 1. The van der Waals surface area contributed by atoms with E-state index in [4.69, 9.17) is 5.41 Å². The summed E-state index contributed by atoms with van der Waals surface area (Å²) in [6.45, 7) is 0.931. The van der Waals surface area contributed by atoms with Gasteiger partial charge in [0.15, 0.2) is 11.5 Å². The smallest absolute Gasteiger partial charge is 0.248 e. The maximum atomic E-state index is 15.2. The molecule has 10 nitrogen and oxygen atoms in total. The van der Waals surface area contributed by atoms with E-state index in [0.29, 0.717) is 27.1 Å². The van der Waals surface area contributed by atoms with Gasteiger partial charge in [0.2, 0.25) is 11.8 Å². The van der Waals surface area contributed by atoms with Crippen LogP contribution in [0.4, 0.5) is 24.7 Å². The Balaban J connectivity index is 1.62. The molecule has 3 N–H and O–H groups in total. The number of amides is 2. The van der Waals surface area contributed by atoms with Crippen LogP contribution in [-0.2, 0) is 21.1 Å². The number of aryl methyl sites for hydroxylation is 2. The molecule has 0 spiro atoms. The summed E-state index contributed by atoms with van der Waals surface area (Å²) in [6.07, 6.45) is 2.47. The SMILES string of the molecule is CC(=O)C(=N)c1cc(-c2cnc(C)nc2)cc(CF)c1NCC(=O)N1C[C@@](F)(CF)C[C@H]1C(=O)Nc1nc(Br)ccc1C. The van der Waals surface area contributed by atoms with Gasteiger partial charge in [-0.2, -0.15) is 0 Å². The van der Waals surface area contributed by atoms with Crippen LogP contribution in [0.2, 0.25) is 0 Å². The summed E-state index contributed by atoms with van der Waals surface area (Å²) in [5.74, 6) is -1.41. The number of nitrogens with one attached hydrogen (secondary N) is 3. The number of halogens is 4. The number of nitrogens with zero attached hydrogens (tertiary/aromatic N) is 4. The van der Waals surface area contributed by atoms with E-state index >= 15 is 4.39 Å². The van der Waals surface area contributed by atoms with Crippen molar-refractivity contribution in [2.24, 2.45) is 0 Å². The highest BCUT2D eigenvalue weighted by atomic mass is 79.9. The number of aromatic nitrogens is 3. The number of Topliss-reactive ketones (excluding diaryl/α,β-unsaturated/α-hetero) is 1. The van der Waals surface area contributed by atoms with Gasteiger partial charge in [0, 0.05) is 42.4 Å². The molecule has 0 saturated carbocycles. The van der Waals surface area contributed by atoms with Gasteiger partial charge in [-0.25, -0.2) is 28.1 Å². The van der Waals surface area contributed by atoms with Crippen LogP contribution in [0, 0.1) is 19.3 Å². The van der Waals surface area contributed by atoms with Crippen LogP contribution in [0.25, 0.3) is 11.1 Å². The minimum absolute atomic E-state index is 0.0130. The summed E-state index contributed by atoms with van der Waals surface area (Å²) in [5.41, 5.74) is -1.21. The Kier molecular flexibility index (Phi) is 9.58. The molecule has 1 aliphatic rings. The summed E-state index contributed by atoms with van der Waals surface area (Å²) in [5, 5.41) is 13.7. The second-order valence-electron chi connectivity index (χ2n) is 10.3. The summed E-state index contributed by atoms with van der Waals surface area (Å²) in [6, 6.07) is 4.98. The molecule has 2 atom stereocenters. The largest absolute Gasteiger partial charge is 0.375 e. The lowest BCUT2D eigenvalue weighted by Crippen LogP contribution is -2.46. The monoisotopic (exact) mass is 659 g/mol. The first-order valence-electron chi connectivity index (χ1n) is 13.2. The van der Waals surface area contributed by atoms with Gasteiger partial charge in [-0.1, -0.05) is 6.07 Å². The minimum atomic E-state index is -2.44. The second kappa shape index (κ2) is 13.0. The molecule has 2 aromatic heterocycles. The Hall–Kier alpha value is -4.20. The lowest BCUT2D eigenvalue weighted by molar-refractivity contribution is -0.135. The zero-order chi connectivity index (χ0) is 31.5. The quantitative estimate of drug-likeness (QED) is 0.212. The number of ketones is 1. The highest BCUT2D eigenvalue weighted by molar-refractivity contribution is 9.10. The van der Waals surface area contributed by atoms with Gasteiger partial charge in [0.25, 0.3) is 0 Å². The predicted octanol–water partition coefficient (Wildman–Crippen LogP) is 4.67. The number of likely N-dealkylation sites (tertiary alicyclic amines) is 1. The van der Waals surface area contributed by atoms with E-state index in [1.165, 1.54) is 31.5 Å². The van der Waals surface area contributed by atoms with Crippen LogP contribution < -0.4 is 10.6 Å². The van der Waals surface area contributed by atoms with Crippen molar-refractivity contribution in [2.75, 3.05) is 30.4 Å². The molecule has 1 saturated heterocycles. The maximum Gasteiger partial charge on any atom is 0.248 e. The molecule has 14 heteroatoms. The third-order valence-corrected chi connectivity index (χ3v) is 7.51. The van der Waals surface area contributed by atoms with Crippen molar-refractivity contribution in [2.45, 2.75) is 45.6 Å². The number of alkyl halides is 3. The van der Waals surface area contributed by atoms with Gasteiger partial charge >= 0.3 is 0 Å². The van der Waals surface area contributed by atoms with E-state index in [2.05, 4.69) is 41.5 Å². The van der Waals surface area contributed by atoms with Crippen LogP contribution in [0.1, 0.15) is 35.9 Å². The molecular formula is C29H29BrF3N7O3. The average Bonchev–Trinajstić information content (AvgIpc) is 3.35. The molecule has 1 aliphatic heterocycles. The zero-order valence-electron chi connectivity index (χ0n) is 23.6. The van der Waals surface area contributed by atoms with Crippen molar-refractivity contribution in [3.63, 3.8) is 0 Å². The number of carbonyl (C=O) groups is 3. The van der Waals surface area contributed by atoms with Gasteiger partial charge in [0.1, 0.15) is 41.3 Å². The summed E-state index contributed by atoms with van der Waals surface area (Å²) >= 11 is 3.22. The van der Waals surface area contributed by atoms with E-state index in [9.17, 15) is 23.2 Å². The Morgan fingerprint density at radius 2 is 1.84 bits per heavy atom. The van der Waals surface area contributed by atoms with Gasteiger partial charge in [-0.05, 0) is 59.1 Å². The molecule has 0 radical (unpaired) electrons. The van der Waals surface area contributed by atoms with Crippen molar-refractivity contribution in [3.8, 4) is 11.1 Å². The molecule has 1 fully saturated rings. The van der Waals surface area contributed by atoms with Crippen molar-refractivity contribution >= 4 is 50.7 Å². The first kappa shape index (κ1) is 31.7. The molecule has 3 heterocycles. The van der Waals surface area contributed by atoms with E-state index in [1.54, 1.807) is 26.0 Å². The van der Waals surface area contributed by atoms with Crippen LogP contribution >= 0.6 is 15.9 Å². The number of rotatable bonds is 10. The number of carbonyl (C=O) groups excluding carboxylic acids is 3. The van der Waals surface area contributed by atoms with Crippen molar-refractivity contribution in [1.82, 2.24) is 19.9 Å². The molecule has 0 aliphatic carbocycles. The minimum Gasteiger partial charge on any atom is -0.375 e. The fourth-order valence-electron chi connectivity index (χ4n) is 4.74. The van der Waals surface area contributed by atoms with E-state index in [-0.39, 0.29) is 22.6 Å². The molecule has 0 bridgehead atoms. The van der Waals surface area contributed by atoms with Crippen molar-refractivity contribution in [1.29, 1.82) is 5.41 Å². The van der Waals surface area contributed by atoms with Crippen molar-refractivity contribution < 1.29 is 27.6 Å². The Bertz CT molecular complexity index is 1590. The second-order valence-corrected chi connectivity index (χ2v) is 11.1. The molecule has 3 aromatic rings. The van der Waals surface area contributed by atoms with Crippen molar-refractivity contribution in [3.05, 3.63) is 63.8 Å². The Labute approximate surface area is 254 Å². The van der Waals surface area contributed by atoms with E-state index < -0.39 is 67.9 Å². The molecule has 226 valence electrons. The molecule has 2 amide bonds. The van der Waals surface area contributed by atoms with Crippen LogP contribution in [0.15, 0.2) is 41.3 Å². The molecule has 1 aromatic carbocycles. The predicted molar refractivity (Wildman–Crippen MR) is 158 cm³/mol. The topological polar surface area (TPSA) is 141 Å². The van der Waals surface area contributed by atoms with E-state index in [0.717, 1.165) is 4.90 Å². The summed E-state index contributed by atoms with van der Waals surface area (Å²) in [7, 11) is 0. The van der Waals surface area contributed by atoms with Gasteiger partial charge < -0.3 is 15.5 Å². The molecule has 4 rings (SSSR count).